The van der Waals surface area contributed by atoms with Gasteiger partial charge < -0.3 is 5.32 Å². The van der Waals surface area contributed by atoms with E-state index in [9.17, 15) is 9.18 Å². The highest BCUT2D eigenvalue weighted by Gasteiger charge is 2.14. The zero-order valence-corrected chi connectivity index (χ0v) is 11.9. The van der Waals surface area contributed by atoms with Gasteiger partial charge in [0.2, 0.25) is 11.7 Å². The number of anilines is 1. The van der Waals surface area contributed by atoms with E-state index in [-0.39, 0.29) is 17.5 Å². The Bertz CT molecular complexity index is 827. The minimum atomic E-state index is -0.368. The molecular weight excluding hydrogens is 297 g/mol. The van der Waals surface area contributed by atoms with E-state index in [0.717, 1.165) is 5.56 Å². The third-order valence-electron chi connectivity index (χ3n) is 3.07. The first-order chi connectivity index (χ1) is 11.2. The topological polar surface area (TPSA) is 68.0 Å². The number of amides is 1. The summed E-state index contributed by atoms with van der Waals surface area (Å²) in [6.07, 6.45) is 3.07. The standard InChI is InChI=1S/C17H12FN3O2/c18-14-9-7-13(8-10-14)16-17(21-23-20-16)19-15(22)11-6-12-4-2-1-3-5-12/h1-11H,(H,19,21,22). The summed E-state index contributed by atoms with van der Waals surface area (Å²) in [5.41, 5.74) is 1.83. The highest BCUT2D eigenvalue weighted by Crippen LogP contribution is 2.24. The Kier molecular flexibility index (Phi) is 4.24. The van der Waals surface area contributed by atoms with Crippen LogP contribution in [0.15, 0.2) is 65.3 Å². The molecule has 1 N–H and O–H groups in total. The molecule has 1 aromatic heterocycles. The Morgan fingerprint density at radius 3 is 2.52 bits per heavy atom. The lowest BCUT2D eigenvalue weighted by molar-refractivity contribution is -0.111. The molecule has 0 fully saturated rings. The second-order valence-corrected chi connectivity index (χ2v) is 4.70. The van der Waals surface area contributed by atoms with Gasteiger partial charge in [-0.05, 0) is 46.2 Å². The van der Waals surface area contributed by atoms with Crippen molar-refractivity contribution >= 4 is 17.8 Å². The minimum Gasteiger partial charge on any atom is -0.302 e. The van der Waals surface area contributed by atoms with Gasteiger partial charge in [0.1, 0.15) is 5.82 Å². The Morgan fingerprint density at radius 2 is 1.78 bits per heavy atom. The fourth-order valence-electron chi connectivity index (χ4n) is 1.96. The predicted octanol–water partition coefficient (Wildman–Crippen LogP) is 3.53. The molecule has 0 aliphatic rings. The number of carbonyl (C=O) groups excluding carboxylic acids is 1. The van der Waals surface area contributed by atoms with E-state index < -0.39 is 0 Å². The zero-order chi connectivity index (χ0) is 16.1. The summed E-state index contributed by atoms with van der Waals surface area (Å²) in [7, 11) is 0. The van der Waals surface area contributed by atoms with Gasteiger partial charge in [0.25, 0.3) is 0 Å². The molecule has 2 aromatic carbocycles. The van der Waals surface area contributed by atoms with Crippen LogP contribution in [-0.2, 0) is 4.79 Å². The van der Waals surface area contributed by atoms with Crippen molar-refractivity contribution in [2.75, 3.05) is 5.32 Å². The monoisotopic (exact) mass is 309 g/mol. The summed E-state index contributed by atoms with van der Waals surface area (Å²) in [5, 5.41) is 9.99. The van der Waals surface area contributed by atoms with Crippen LogP contribution in [-0.4, -0.2) is 16.2 Å². The maximum absolute atomic E-state index is 13.0. The predicted molar refractivity (Wildman–Crippen MR) is 83.8 cm³/mol. The Balaban J connectivity index is 1.74. The molecule has 3 rings (SSSR count). The molecule has 1 amide bonds. The molecule has 5 nitrogen and oxygen atoms in total. The molecule has 114 valence electrons. The fourth-order valence-corrected chi connectivity index (χ4v) is 1.96. The smallest absolute Gasteiger partial charge is 0.249 e. The van der Waals surface area contributed by atoms with Crippen molar-refractivity contribution in [1.82, 2.24) is 10.3 Å². The largest absolute Gasteiger partial charge is 0.302 e. The summed E-state index contributed by atoms with van der Waals surface area (Å²) in [6, 6.07) is 15.1. The minimum absolute atomic E-state index is 0.180. The molecule has 1 heterocycles. The molecule has 0 unspecified atom stereocenters. The second-order valence-electron chi connectivity index (χ2n) is 4.70. The normalized spacial score (nSPS) is 10.8. The van der Waals surface area contributed by atoms with E-state index in [4.69, 9.17) is 0 Å². The van der Waals surface area contributed by atoms with Crippen LogP contribution in [0.1, 0.15) is 5.56 Å². The van der Waals surface area contributed by atoms with Gasteiger partial charge in [0.15, 0.2) is 5.69 Å². The lowest BCUT2D eigenvalue weighted by atomic mass is 10.1. The molecule has 3 aromatic rings. The molecule has 0 atom stereocenters. The van der Waals surface area contributed by atoms with Crippen molar-refractivity contribution in [3.05, 3.63) is 72.1 Å². The fraction of sp³-hybridized carbons (Fsp3) is 0. The maximum atomic E-state index is 13.0. The number of carbonyl (C=O) groups is 1. The average Bonchev–Trinajstić information content (AvgIpc) is 3.03. The SMILES string of the molecule is O=C(C=Cc1ccccc1)Nc1nonc1-c1ccc(F)cc1. The molecule has 0 aliphatic carbocycles. The number of benzene rings is 2. The molecule has 0 aliphatic heterocycles. The van der Waals surface area contributed by atoms with Crippen LogP contribution < -0.4 is 5.32 Å². The second kappa shape index (κ2) is 6.65. The molecule has 0 saturated carbocycles. The number of aromatic nitrogens is 2. The van der Waals surface area contributed by atoms with E-state index >= 15 is 0 Å². The van der Waals surface area contributed by atoms with Gasteiger partial charge >= 0.3 is 0 Å². The van der Waals surface area contributed by atoms with Crippen LogP contribution in [0, 0.1) is 5.82 Å². The average molecular weight is 309 g/mol. The lowest BCUT2D eigenvalue weighted by Crippen LogP contribution is -2.09. The van der Waals surface area contributed by atoms with E-state index in [1.165, 1.54) is 30.3 Å². The van der Waals surface area contributed by atoms with Crippen molar-refractivity contribution in [3.63, 3.8) is 0 Å². The number of nitrogens with one attached hydrogen (secondary N) is 1. The first-order valence-electron chi connectivity index (χ1n) is 6.85. The number of hydrogen-bond acceptors (Lipinski definition) is 4. The van der Waals surface area contributed by atoms with E-state index in [2.05, 4.69) is 20.3 Å². The van der Waals surface area contributed by atoms with Crippen LogP contribution in [0.25, 0.3) is 17.3 Å². The van der Waals surface area contributed by atoms with Gasteiger partial charge in [-0.2, -0.15) is 0 Å². The van der Waals surface area contributed by atoms with Gasteiger partial charge in [-0.15, -0.1) is 0 Å². The van der Waals surface area contributed by atoms with Gasteiger partial charge in [0, 0.05) is 11.6 Å². The Hall–Kier alpha value is -3.28. The van der Waals surface area contributed by atoms with Crippen molar-refractivity contribution in [2.24, 2.45) is 0 Å². The third kappa shape index (κ3) is 3.68. The molecule has 6 heteroatoms. The maximum Gasteiger partial charge on any atom is 0.249 e. The van der Waals surface area contributed by atoms with Crippen molar-refractivity contribution in [2.45, 2.75) is 0 Å². The molecule has 0 saturated heterocycles. The molecule has 0 bridgehead atoms. The summed E-state index contributed by atoms with van der Waals surface area (Å²) in [6.45, 7) is 0. The number of hydrogen-bond donors (Lipinski definition) is 1. The Labute approximate surface area is 131 Å². The third-order valence-corrected chi connectivity index (χ3v) is 3.07. The number of nitrogens with zero attached hydrogens (tertiary/aromatic N) is 2. The van der Waals surface area contributed by atoms with Gasteiger partial charge in [-0.3, -0.25) is 4.79 Å². The highest BCUT2D eigenvalue weighted by molar-refractivity contribution is 6.02. The van der Waals surface area contributed by atoms with Crippen molar-refractivity contribution in [1.29, 1.82) is 0 Å². The summed E-state index contributed by atoms with van der Waals surface area (Å²) >= 11 is 0. The summed E-state index contributed by atoms with van der Waals surface area (Å²) in [4.78, 5) is 12.0. The summed E-state index contributed by atoms with van der Waals surface area (Å²) < 4.78 is 17.6. The molecular formula is C17H12FN3O2. The van der Waals surface area contributed by atoms with E-state index in [0.29, 0.717) is 11.3 Å². The molecule has 0 radical (unpaired) electrons. The van der Waals surface area contributed by atoms with Crippen LogP contribution in [0.4, 0.5) is 10.2 Å². The van der Waals surface area contributed by atoms with Crippen LogP contribution in [0.2, 0.25) is 0 Å². The van der Waals surface area contributed by atoms with Crippen LogP contribution in [0.5, 0.6) is 0 Å². The van der Waals surface area contributed by atoms with E-state index in [1.807, 2.05) is 30.3 Å². The number of rotatable bonds is 4. The molecule has 0 spiro atoms. The van der Waals surface area contributed by atoms with E-state index in [1.54, 1.807) is 6.08 Å². The van der Waals surface area contributed by atoms with Gasteiger partial charge in [-0.1, -0.05) is 30.3 Å². The first-order valence-corrected chi connectivity index (χ1v) is 6.85. The first kappa shape index (κ1) is 14.6. The quantitative estimate of drug-likeness (QED) is 0.749. The van der Waals surface area contributed by atoms with Crippen molar-refractivity contribution < 1.29 is 13.8 Å². The number of halogens is 1. The molecule has 23 heavy (non-hydrogen) atoms. The zero-order valence-electron chi connectivity index (χ0n) is 11.9. The van der Waals surface area contributed by atoms with Crippen LogP contribution in [0.3, 0.4) is 0 Å². The summed E-state index contributed by atoms with van der Waals surface area (Å²) in [5.74, 6) is -0.547. The van der Waals surface area contributed by atoms with Crippen molar-refractivity contribution in [3.8, 4) is 11.3 Å². The van der Waals surface area contributed by atoms with Gasteiger partial charge in [-0.25, -0.2) is 9.02 Å². The Morgan fingerprint density at radius 1 is 1.04 bits per heavy atom. The highest BCUT2D eigenvalue weighted by atomic mass is 19.1. The van der Waals surface area contributed by atoms with Crippen LogP contribution >= 0.6 is 0 Å². The lowest BCUT2D eigenvalue weighted by Gasteiger charge is -2.00. The van der Waals surface area contributed by atoms with Gasteiger partial charge in [0.05, 0.1) is 0 Å².